The van der Waals surface area contributed by atoms with Crippen LogP contribution in [0.15, 0.2) is 36.4 Å². The quantitative estimate of drug-likeness (QED) is 0.873. The Morgan fingerprint density at radius 1 is 0.842 bits per heavy atom. The zero-order chi connectivity index (χ0) is 14.0. The van der Waals surface area contributed by atoms with Crippen LogP contribution in [0.3, 0.4) is 0 Å². The van der Waals surface area contributed by atoms with Crippen molar-refractivity contribution in [2.75, 3.05) is 0 Å². The van der Waals surface area contributed by atoms with Crippen molar-refractivity contribution in [2.24, 2.45) is 5.73 Å². The lowest BCUT2D eigenvalue weighted by molar-refractivity contribution is 0.710. The van der Waals surface area contributed by atoms with Gasteiger partial charge in [0.1, 0.15) is 0 Å². The van der Waals surface area contributed by atoms with Crippen LogP contribution in [0.25, 0.3) is 0 Å². The molecule has 19 heavy (non-hydrogen) atoms. The Morgan fingerprint density at radius 2 is 1.37 bits per heavy atom. The molecule has 2 aromatic carbocycles. The molecule has 2 aromatic rings. The molecule has 1 nitrogen and oxygen atoms in total. The Balaban J connectivity index is 2.25. The Labute approximate surface area is 116 Å². The van der Waals surface area contributed by atoms with E-state index in [0.717, 1.165) is 6.42 Å². The first-order valence-electron chi connectivity index (χ1n) is 6.86. The first kappa shape index (κ1) is 13.8. The van der Waals surface area contributed by atoms with Crippen LogP contribution < -0.4 is 5.73 Å². The highest BCUT2D eigenvalue weighted by molar-refractivity contribution is 5.40. The monoisotopic (exact) mass is 253 g/mol. The Morgan fingerprint density at radius 3 is 1.89 bits per heavy atom. The van der Waals surface area contributed by atoms with E-state index in [9.17, 15) is 0 Å². The molecule has 0 saturated carbocycles. The highest BCUT2D eigenvalue weighted by atomic mass is 14.6. The molecule has 0 amide bonds. The maximum Gasteiger partial charge on any atom is 0.0341 e. The SMILES string of the molecule is Cc1ccc(CC(N)c2c(C)cc(C)cc2C)cc1. The average molecular weight is 253 g/mol. The molecular weight excluding hydrogens is 230 g/mol. The maximum atomic E-state index is 6.42. The Hall–Kier alpha value is -1.60. The van der Waals surface area contributed by atoms with Gasteiger partial charge in [0.15, 0.2) is 0 Å². The second-order valence-corrected chi connectivity index (χ2v) is 5.61. The fourth-order valence-corrected chi connectivity index (χ4v) is 2.86. The molecular formula is C18H23N. The van der Waals surface area contributed by atoms with Crippen LogP contribution >= 0.6 is 0 Å². The van der Waals surface area contributed by atoms with Crippen LogP contribution in [-0.2, 0) is 6.42 Å². The summed E-state index contributed by atoms with van der Waals surface area (Å²) in [4.78, 5) is 0. The summed E-state index contributed by atoms with van der Waals surface area (Å²) in [5.74, 6) is 0. The average Bonchev–Trinajstić information content (AvgIpc) is 2.30. The van der Waals surface area contributed by atoms with Crippen molar-refractivity contribution in [3.63, 3.8) is 0 Å². The minimum Gasteiger partial charge on any atom is -0.324 e. The fraction of sp³-hybridized carbons (Fsp3) is 0.333. The second kappa shape index (κ2) is 5.58. The van der Waals surface area contributed by atoms with Gasteiger partial charge in [-0.25, -0.2) is 0 Å². The zero-order valence-corrected chi connectivity index (χ0v) is 12.3. The van der Waals surface area contributed by atoms with Crippen LogP contribution in [0.5, 0.6) is 0 Å². The van der Waals surface area contributed by atoms with Gasteiger partial charge in [0, 0.05) is 6.04 Å². The van der Waals surface area contributed by atoms with Gasteiger partial charge in [-0.3, -0.25) is 0 Å². The van der Waals surface area contributed by atoms with Gasteiger partial charge in [0.05, 0.1) is 0 Å². The molecule has 0 aliphatic heterocycles. The lowest BCUT2D eigenvalue weighted by atomic mass is 9.91. The van der Waals surface area contributed by atoms with Gasteiger partial charge >= 0.3 is 0 Å². The smallest absolute Gasteiger partial charge is 0.0341 e. The van der Waals surface area contributed by atoms with Gasteiger partial charge in [-0.2, -0.15) is 0 Å². The number of benzene rings is 2. The number of hydrogen-bond donors (Lipinski definition) is 1. The highest BCUT2D eigenvalue weighted by Gasteiger charge is 2.13. The minimum absolute atomic E-state index is 0.0725. The molecule has 2 N–H and O–H groups in total. The molecule has 0 aliphatic carbocycles. The van der Waals surface area contributed by atoms with Crippen LogP contribution in [-0.4, -0.2) is 0 Å². The zero-order valence-electron chi connectivity index (χ0n) is 12.3. The van der Waals surface area contributed by atoms with Crippen molar-refractivity contribution < 1.29 is 0 Å². The Kier molecular flexibility index (Phi) is 4.06. The van der Waals surface area contributed by atoms with Crippen molar-refractivity contribution >= 4 is 0 Å². The molecule has 100 valence electrons. The summed E-state index contributed by atoms with van der Waals surface area (Å²) in [6.45, 7) is 8.56. The largest absolute Gasteiger partial charge is 0.324 e. The first-order valence-corrected chi connectivity index (χ1v) is 6.86. The number of rotatable bonds is 3. The van der Waals surface area contributed by atoms with Crippen LogP contribution in [0.1, 0.15) is 39.4 Å². The number of nitrogens with two attached hydrogens (primary N) is 1. The fourth-order valence-electron chi connectivity index (χ4n) is 2.86. The highest BCUT2D eigenvalue weighted by Crippen LogP contribution is 2.24. The molecule has 2 rings (SSSR count). The van der Waals surface area contributed by atoms with Crippen LogP contribution in [0.2, 0.25) is 0 Å². The molecule has 0 spiro atoms. The maximum absolute atomic E-state index is 6.42. The van der Waals surface area contributed by atoms with E-state index in [1.165, 1.54) is 33.4 Å². The van der Waals surface area contributed by atoms with Gasteiger partial charge in [0.25, 0.3) is 0 Å². The first-order chi connectivity index (χ1) is 8.97. The summed E-state index contributed by atoms with van der Waals surface area (Å²) >= 11 is 0. The predicted molar refractivity (Wildman–Crippen MR) is 82.5 cm³/mol. The van der Waals surface area contributed by atoms with Gasteiger partial charge in [-0.1, -0.05) is 47.5 Å². The van der Waals surface area contributed by atoms with Crippen molar-refractivity contribution in [3.8, 4) is 0 Å². The van der Waals surface area contributed by atoms with Crippen LogP contribution in [0.4, 0.5) is 0 Å². The van der Waals surface area contributed by atoms with Gasteiger partial charge in [-0.05, 0) is 56.4 Å². The molecule has 0 saturated heterocycles. The standard InChI is InChI=1S/C18H23N/c1-12-5-7-16(8-6-12)11-17(19)18-14(3)9-13(2)10-15(18)4/h5-10,17H,11,19H2,1-4H3. The van der Waals surface area contributed by atoms with Crippen LogP contribution in [0, 0.1) is 27.7 Å². The number of hydrogen-bond acceptors (Lipinski definition) is 1. The predicted octanol–water partition coefficient (Wildman–Crippen LogP) is 4.16. The van der Waals surface area contributed by atoms with E-state index < -0.39 is 0 Å². The summed E-state index contributed by atoms with van der Waals surface area (Å²) in [6, 6.07) is 13.2. The molecule has 0 aromatic heterocycles. The third-order valence-corrected chi connectivity index (χ3v) is 3.69. The van der Waals surface area contributed by atoms with Crippen molar-refractivity contribution in [1.29, 1.82) is 0 Å². The lowest BCUT2D eigenvalue weighted by Gasteiger charge is -2.18. The second-order valence-electron chi connectivity index (χ2n) is 5.61. The normalized spacial score (nSPS) is 12.5. The van der Waals surface area contributed by atoms with Crippen molar-refractivity contribution in [2.45, 2.75) is 40.2 Å². The molecule has 0 fully saturated rings. The number of aryl methyl sites for hydroxylation is 4. The van der Waals surface area contributed by atoms with E-state index in [2.05, 4.69) is 64.1 Å². The van der Waals surface area contributed by atoms with E-state index in [0.29, 0.717) is 0 Å². The Bertz CT molecular complexity index is 544. The molecule has 1 heteroatoms. The molecule has 0 radical (unpaired) electrons. The van der Waals surface area contributed by atoms with Gasteiger partial charge < -0.3 is 5.73 Å². The summed E-state index contributed by atoms with van der Waals surface area (Å²) in [5.41, 5.74) is 14.2. The summed E-state index contributed by atoms with van der Waals surface area (Å²) in [7, 11) is 0. The third kappa shape index (κ3) is 3.24. The van der Waals surface area contributed by atoms with Crippen molar-refractivity contribution in [3.05, 3.63) is 69.8 Å². The molecule has 0 heterocycles. The van der Waals surface area contributed by atoms with E-state index in [-0.39, 0.29) is 6.04 Å². The third-order valence-electron chi connectivity index (χ3n) is 3.69. The molecule has 0 bridgehead atoms. The van der Waals surface area contributed by atoms with Gasteiger partial charge in [-0.15, -0.1) is 0 Å². The lowest BCUT2D eigenvalue weighted by Crippen LogP contribution is -2.16. The summed E-state index contributed by atoms with van der Waals surface area (Å²) in [6.07, 6.45) is 0.894. The van der Waals surface area contributed by atoms with E-state index in [1.54, 1.807) is 0 Å². The minimum atomic E-state index is 0.0725. The van der Waals surface area contributed by atoms with E-state index >= 15 is 0 Å². The van der Waals surface area contributed by atoms with Crippen molar-refractivity contribution in [1.82, 2.24) is 0 Å². The summed E-state index contributed by atoms with van der Waals surface area (Å²) < 4.78 is 0. The molecule has 1 atom stereocenters. The molecule has 1 unspecified atom stereocenters. The topological polar surface area (TPSA) is 26.0 Å². The van der Waals surface area contributed by atoms with Gasteiger partial charge in [0.2, 0.25) is 0 Å². The van der Waals surface area contributed by atoms with E-state index in [4.69, 9.17) is 5.73 Å². The molecule has 0 aliphatic rings. The summed E-state index contributed by atoms with van der Waals surface area (Å²) in [5, 5.41) is 0. The van der Waals surface area contributed by atoms with E-state index in [1.807, 2.05) is 0 Å².